The molecule has 0 unspecified atom stereocenters. The normalized spacial score (nSPS) is 11.0. The molecule has 0 aromatic heterocycles. The number of hydrogen-bond donors (Lipinski definition) is 0. The van der Waals surface area contributed by atoms with Crippen molar-refractivity contribution in [2.24, 2.45) is 0 Å². The number of nitrogens with zero attached hydrogens (tertiary/aromatic N) is 1. The van der Waals surface area contributed by atoms with Gasteiger partial charge in [0, 0.05) is 0 Å². The summed E-state index contributed by atoms with van der Waals surface area (Å²) < 4.78 is 2.02. The molecule has 14 heavy (non-hydrogen) atoms. The minimum atomic E-state index is -1.63. The fraction of sp³-hybridized carbons (Fsp3) is 0.300. The molecule has 0 saturated carbocycles. The third-order valence-electron chi connectivity index (χ3n) is 1.87. The first-order chi connectivity index (χ1) is 6.61. The fourth-order valence-corrected chi connectivity index (χ4v) is 2.55. The van der Waals surface area contributed by atoms with E-state index in [0.717, 1.165) is 6.42 Å². The van der Waals surface area contributed by atoms with Gasteiger partial charge in [0.15, 0.2) is 0 Å². The summed E-state index contributed by atoms with van der Waals surface area (Å²) in [4.78, 5) is 2.10. The standard InChI is InChI=1S/C10H13N.2ClH.Ru/c1-4-9-7-5-6-8-10(9)11(2)3;;;/h1,5-8H,4H2,2-3H3;2*1H;/q;;;+2/p-2. The predicted octanol–water partition coefficient (Wildman–Crippen LogP) is 3.02. The number of benzene rings is 1. The zero-order valence-electron chi connectivity index (χ0n) is 8.15. The molecular weight excluding hydrogens is 306 g/mol. The molecule has 1 nitrogen and oxygen atoms in total. The summed E-state index contributed by atoms with van der Waals surface area (Å²) in [6.45, 7) is 0. The first kappa shape index (κ1) is 12.2. The van der Waals surface area contributed by atoms with Crippen LogP contribution < -0.4 is 4.90 Å². The third-order valence-corrected chi connectivity index (χ3v) is 4.06. The van der Waals surface area contributed by atoms with E-state index in [1.807, 2.05) is 30.8 Å². The summed E-state index contributed by atoms with van der Waals surface area (Å²) in [6, 6.07) is 8.28. The van der Waals surface area contributed by atoms with Crippen LogP contribution >= 0.6 is 19.4 Å². The van der Waals surface area contributed by atoms with E-state index in [-0.39, 0.29) is 0 Å². The maximum atomic E-state index is 5.80. The van der Waals surface area contributed by atoms with Gasteiger partial charge in [0.1, 0.15) is 0 Å². The van der Waals surface area contributed by atoms with Crippen LogP contribution in [0.2, 0.25) is 0 Å². The number of rotatable bonds is 3. The number of anilines is 1. The van der Waals surface area contributed by atoms with Gasteiger partial charge in [-0.1, -0.05) is 0 Å². The van der Waals surface area contributed by atoms with E-state index in [1.165, 1.54) is 11.3 Å². The second-order valence-corrected chi connectivity index (χ2v) is 9.01. The van der Waals surface area contributed by atoms with E-state index in [9.17, 15) is 0 Å². The predicted molar refractivity (Wildman–Crippen MR) is 62.2 cm³/mol. The van der Waals surface area contributed by atoms with Crippen LogP contribution in [0, 0.1) is 0 Å². The van der Waals surface area contributed by atoms with Crippen molar-refractivity contribution >= 4 is 29.7 Å². The Morgan fingerprint density at radius 1 is 1.29 bits per heavy atom. The number of halogens is 2. The molecule has 0 aliphatic rings. The van der Waals surface area contributed by atoms with Gasteiger partial charge >= 0.3 is 98.4 Å². The van der Waals surface area contributed by atoms with Gasteiger partial charge in [-0.3, -0.25) is 0 Å². The Kier molecular flexibility index (Phi) is 5.08. The maximum absolute atomic E-state index is 5.80. The summed E-state index contributed by atoms with van der Waals surface area (Å²) in [7, 11) is 15.7. The molecule has 0 radical (unpaired) electrons. The summed E-state index contributed by atoms with van der Waals surface area (Å²) in [5.41, 5.74) is 2.50. The summed E-state index contributed by atoms with van der Waals surface area (Å²) in [6.07, 6.45) is 0.861. The summed E-state index contributed by atoms with van der Waals surface area (Å²) in [5.74, 6) is 0. The van der Waals surface area contributed by atoms with Crippen LogP contribution in [-0.4, -0.2) is 18.7 Å². The molecule has 1 aromatic rings. The number of hydrogen-bond acceptors (Lipinski definition) is 1. The van der Waals surface area contributed by atoms with Crippen molar-refractivity contribution < 1.29 is 13.5 Å². The van der Waals surface area contributed by atoms with Crippen LogP contribution in [0.3, 0.4) is 0 Å². The Morgan fingerprint density at radius 2 is 1.93 bits per heavy atom. The second kappa shape index (κ2) is 5.85. The average molecular weight is 319 g/mol. The molecule has 1 rings (SSSR count). The molecule has 4 heteroatoms. The van der Waals surface area contributed by atoms with Gasteiger partial charge < -0.3 is 0 Å². The molecule has 0 aliphatic carbocycles. The Morgan fingerprint density at radius 3 is 2.50 bits per heavy atom. The van der Waals surface area contributed by atoms with Crippen LogP contribution in [-0.2, 0) is 19.9 Å². The van der Waals surface area contributed by atoms with Crippen LogP contribution in [0.5, 0.6) is 0 Å². The monoisotopic (exact) mass is 319 g/mol. The van der Waals surface area contributed by atoms with Gasteiger partial charge in [0.05, 0.1) is 0 Å². The molecule has 0 heterocycles. The quantitative estimate of drug-likeness (QED) is 0.774. The molecule has 0 bridgehead atoms. The van der Waals surface area contributed by atoms with E-state index < -0.39 is 13.5 Å². The Hall–Kier alpha value is 0.0934. The molecule has 0 fully saturated rings. The van der Waals surface area contributed by atoms with Gasteiger partial charge in [-0.05, 0) is 0 Å². The van der Waals surface area contributed by atoms with Gasteiger partial charge in [0.2, 0.25) is 0 Å². The molecule has 80 valence electrons. The summed E-state index contributed by atoms with van der Waals surface area (Å²) in [5, 5.41) is 0. The second-order valence-electron chi connectivity index (χ2n) is 3.08. The zero-order valence-corrected chi connectivity index (χ0v) is 11.4. The van der Waals surface area contributed by atoms with Crippen LogP contribution in [0.25, 0.3) is 0 Å². The Balaban J connectivity index is 2.90. The molecule has 0 atom stereocenters. The van der Waals surface area contributed by atoms with Crippen molar-refractivity contribution in [2.45, 2.75) is 6.42 Å². The Bertz CT molecular complexity index is 333. The van der Waals surface area contributed by atoms with Crippen molar-refractivity contribution in [2.75, 3.05) is 19.0 Å². The Labute approximate surface area is 98.1 Å². The first-order valence-corrected chi connectivity index (χ1v) is 9.66. The summed E-state index contributed by atoms with van der Waals surface area (Å²) >= 11 is -1.63. The topological polar surface area (TPSA) is 3.24 Å². The average Bonchev–Trinajstić information content (AvgIpc) is 2.15. The minimum absolute atomic E-state index is 0.861. The molecule has 0 N–H and O–H groups in total. The molecular formula is C10H13Cl2NRu. The van der Waals surface area contributed by atoms with Crippen molar-refractivity contribution in [3.05, 3.63) is 29.8 Å². The van der Waals surface area contributed by atoms with Crippen LogP contribution in [0.15, 0.2) is 24.3 Å². The molecule has 1 aromatic carbocycles. The van der Waals surface area contributed by atoms with Gasteiger partial charge in [-0.2, -0.15) is 0 Å². The molecule has 0 saturated heterocycles. The zero-order chi connectivity index (χ0) is 10.6. The SMILES string of the molecule is CN(C)c1ccccc1C[CH]=[Ru]([Cl])[Cl]. The van der Waals surface area contributed by atoms with Crippen LogP contribution in [0.4, 0.5) is 5.69 Å². The van der Waals surface area contributed by atoms with Crippen molar-refractivity contribution in [3.63, 3.8) is 0 Å². The van der Waals surface area contributed by atoms with Crippen molar-refractivity contribution in [1.82, 2.24) is 0 Å². The van der Waals surface area contributed by atoms with E-state index in [1.54, 1.807) is 0 Å². The van der Waals surface area contributed by atoms with E-state index in [0.29, 0.717) is 0 Å². The molecule has 0 spiro atoms. The van der Waals surface area contributed by atoms with E-state index in [4.69, 9.17) is 19.4 Å². The molecule has 0 aliphatic heterocycles. The fourth-order valence-electron chi connectivity index (χ4n) is 1.25. The van der Waals surface area contributed by atoms with Crippen molar-refractivity contribution in [1.29, 1.82) is 0 Å². The first-order valence-electron chi connectivity index (χ1n) is 4.18. The van der Waals surface area contributed by atoms with Gasteiger partial charge in [0.25, 0.3) is 0 Å². The van der Waals surface area contributed by atoms with Crippen LogP contribution in [0.1, 0.15) is 5.56 Å². The molecule has 0 amide bonds. The van der Waals surface area contributed by atoms with E-state index >= 15 is 0 Å². The third kappa shape index (κ3) is 3.69. The van der Waals surface area contributed by atoms with Crippen molar-refractivity contribution in [3.8, 4) is 0 Å². The van der Waals surface area contributed by atoms with E-state index in [2.05, 4.69) is 17.0 Å². The number of para-hydroxylation sites is 1. The van der Waals surface area contributed by atoms with Gasteiger partial charge in [-0.15, -0.1) is 0 Å². The van der Waals surface area contributed by atoms with Gasteiger partial charge in [-0.25, -0.2) is 0 Å².